The maximum absolute atomic E-state index is 13.9. The number of aromatic nitrogens is 2. The summed E-state index contributed by atoms with van der Waals surface area (Å²) in [6, 6.07) is 32.7. The highest BCUT2D eigenvalue weighted by molar-refractivity contribution is 6.15. The molecule has 200 valence electrons. The molecule has 0 saturated carbocycles. The minimum Gasteiger partial charge on any atom is -0.368 e. The molecule has 0 aliphatic rings. The van der Waals surface area contributed by atoms with Gasteiger partial charge in [0.2, 0.25) is 11.8 Å². The van der Waals surface area contributed by atoms with Gasteiger partial charge in [-0.15, -0.1) is 0 Å². The van der Waals surface area contributed by atoms with E-state index in [2.05, 4.69) is 0 Å². The van der Waals surface area contributed by atoms with Gasteiger partial charge in [-0.2, -0.15) is 0 Å². The molecule has 0 aliphatic carbocycles. The van der Waals surface area contributed by atoms with Crippen LogP contribution in [0, 0.1) is 0 Å². The van der Waals surface area contributed by atoms with Crippen molar-refractivity contribution in [3.63, 3.8) is 0 Å². The van der Waals surface area contributed by atoms with Gasteiger partial charge in [-0.1, -0.05) is 97.1 Å². The standard InChI is InChI=1S/C32H28N4O4/c33-28(37)21-34(19-23-11-4-1-5-12-23)29(38)22-36-30-26(31(39)25-15-8-3-9-16-25)17-10-18-27(30)35(32(36)40)20-24-13-6-2-7-14-24/h1-18H,19-22H2,(H2,33,37). The molecule has 0 bridgehead atoms. The van der Waals surface area contributed by atoms with Gasteiger partial charge in [-0.25, -0.2) is 4.79 Å². The van der Waals surface area contributed by atoms with Crippen LogP contribution >= 0.6 is 0 Å². The highest BCUT2D eigenvalue weighted by atomic mass is 16.2. The van der Waals surface area contributed by atoms with E-state index in [0.717, 1.165) is 11.1 Å². The Kier molecular flexibility index (Phi) is 7.68. The number of carbonyl (C=O) groups excluding carboxylic acids is 3. The van der Waals surface area contributed by atoms with E-state index in [1.807, 2.05) is 66.7 Å². The normalized spacial score (nSPS) is 10.9. The quantitative estimate of drug-likeness (QED) is 0.277. The fraction of sp³-hybridized carbons (Fsp3) is 0.125. The van der Waals surface area contributed by atoms with Crippen LogP contribution in [0.2, 0.25) is 0 Å². The van der Waals surface area contributed by atoms with E-state index in [1.54, 1.807) is 47.0 Å². The third-order valence-electron chi connectivity index (χ3n) is 6.71. The van der Waals surface area contributed by atoms with Gasteiger partial charge in [-0.3, -0.25) is 23.5 Å². The third kappa shape index (κ3) is 5.61. The summed E-state index contributed by atoms with van der Waals surface area (Å²) in [5.74, 6) is -1.39. The molecule has 8 nitrogen and oxygen atoms in total. The maximum Gasteiger partial charge on any atom is 0.329 e. The van der Waals surface area contributed by atoms with Gasteiger partial charge in [0, 0.05) is 17.7 Å². The summed E-state index contributed by atoms with van der Waals surface area (Å²) in [4.78, 5) is 54.3. The molecule has 40 heavy (non-hydrogen) atoms. The fourth-order valence-corrected chi connectivity index (χ4v) is 4.83. The first-order chi connectivity index (χ1) is 19.4. The summed E-state index contributed by atoms with van der Waals surface area (Å²) in [5.41, 5.74) is 8.43. The number of nitrogens with zero attached hydrogens (tertiary/aromatic N) is 3. The van der Waals surface area contributed by atoms with E-state index in [1.165, 1.54) is 9.47 Å². The van der Waals surface area contributed by atoms with E-state index in [0.29, 0.717) is 22.2 Å². The Hall–Kier alpha value is -5.24. The number of hydrogen-bond acceptors (Lipinski definition) is 4. The van der Waals surface area contributed by atoms with Gasteiger partial charge in [0.25, 0.3) is 0 Å². The minimum absolute atomic E-state index is 0.149. The molecule has 1 aromatic heterocycles. The first kappa shape index (κ1) is 26.4. The number of amides is 2. The fourth-order valence-electron chi connectivity index (χ4n) is 4.83. The van der Waals surface area contributed by atoms with Gasteiger partial charge in [0.05, 0.1) is 24.1 Å². The van der Waals surface area contributed by atoms with Crippen molar-refractivity contribution in [2.45, 2.75) is 19.6 Å². The Morgan fingerprint density at radius 3 is 1.93 bits per heavy atom. The van der Waals surface area contributed by atoms with Crippen molar-refractivity contribution in [1.29, 1.82) is 0 Å². The number of primary amides is 1. The van der Waals surface area contributed by atoms with Crippen LogP contribution in [0.15, 0.2) is 114 Å². The van der Waals surface area contributed by atoms with E-state index in [4.69, 9.17) is 5.73 Å². The maximum atomic E-state index is 13.9. The van der Waals surface area contributed by atoms with E-state index in [-0.39, 0.29) is 32.0 Å². The van der Waals surface area contributed by atoms with Crippen LogP contribution in [0.1, 0.15) is 27.0 Å². The highest BCUT2D eigenvalue weighted by Gasteiger charge is 2.24. The Labute approximate surface area is 230 Å². The zero-order valence-electron chi connectivity index (χ0n) is 21.8. The Bertz CT molecular complexity index is 1730. The van der Waals surface area contributed by atoms with Crippen molar-refractivity contribution in [1.82, 2.24) is 14.0 Å². The van der Waals surface area contributed by atoms with E-state index in [9.17, 15) is 19.2 Å². The number of para-hydroxylation sites is 1. The molecule has 0 atom stereocenters. The zero-order chi connectivity index (χ0) is 28.1. The summed E-state index contributed by atoms with van der Waals surface area (Å²) >= 11 is 0. The first-order valence-corrected chi connectivity index (χ1v) is 12.9. The van der Waals surface area contributed by atoms with Crippen molar-refractivity contribution >= 4 is 28.6 Å². The van der Waals surface area contributed by atoms with Crippen LogP contribution in [0.25, 0.3) is 11.0 Å². The lowest BCUT2D eigenvalue weighted by molar-refractivity contribution is -0.136. The van der Waals surface area contributed by atoms with Gasteiger partial charge < -0.3 is 10.6 Å². The predicted molar refractivity (Wildman–Crippen MR) is 153 cm³/mol. The van der Waals surface area contributed by atoms with Gasteiger partial charge >= 0.3 is 5.69 Å². The number of ketones is 1. The average Bonchev–Trinajstić information content (AvgIpc) is 3.23. The summed E-state index contributed by atoms with van der Waals surface area (Å²) in [7, 11) is 0. The second-order valence-electron chi connectivity index (χ2n) is 9.51. The second-order valence-corrected chi connectivity index (χ2v) is 9.51. The number of carbonyl (C=O) groups is 3. The van der Waals surface area contributed by atoms with Crippen LogP contribution in [0.3, 0.4) is 0 Å². The van der Waals surface area contributed by atoms with Gasteiger partial charge in [0.1, 0.15) is 6.54 Å². The van der Waals surface area contributed by atoms with Crippen LogP contribution in [-0.2, 0) is 29.2 Å². The number of fused-ring (bicyclic) bond motifs is 1. The van der Waals surface area contributed by atoms with Crippen LogP contribution in [0.4, 0.5) is 0 Å². The predicted octanol–water partition coefficient (Wildman–Crippen LogP) is 3.60. The van der Waals surface area contributed by atoms with Crippen molar-refractivity contribution < 1.29 is 14.4 Å². The summed E-state index contributed by atoms with van der Waals surface area (Å²) in [6.07, 6.45) is 0. The number of rotatable bonds is 10. The lowest BCUT2D eigenvalue weighted by Gasteiger charge is -2.21. The molecule has 0 unspecified atom stereocenters. The smallest absolute Gasteiger partial charge is 0.329 e. The topological polar surface area (TPSA) is 107 Å². The first-order valence-electron chi connectivity index (χ1n) is 12.9. The number of nitrogens with two attached hydrogens (primary N) is 1. The average molecular weight is 533 g/mol. The molecule has 5 rings (SSSR count). The Morgan fingerprint density at radius 2 is 1.30 bits per heavy atom. The Balaban J connectivity index is 1.61. The molecule has 5 aromatic rings. The monoisotopic (exact) mass is 532 g/mol. The van der Waals surface area contributed by atoms with Crippen molar-refractivity contribution in [3.05, 3.63) is 142 Å². The molecule has 0 radical (unpaired) electrons. The molecule has 0 fully saturated rings. The van der Waals surface area contributed by atoms with Crippen LogP contribution in [0.5, 0.6) is 0 Å². The largest absolute Gasteiger partial charge is 0.368 e. The lowest BCUT2D eigenvalue weighted by atomic mass is 10.0. The minimum atomic E-state index is -0.664. The van der Waals surface area contributed by atoms with Gasteiger partial charge in [-0.05, 0) is 23.3 Å². The molecule has 2 amide bonds. The van der Waals surface area contributed by atoms with Crippen molar-refractivity contribution in [2.24, 2.45) is 5.73 Å². The third-order valence-corrected chi connectivity index (χ3v) is 6.71. The van der Waals surface area contributed by atoms with E-state index >= 15 is 0 Å². The van der Waals surface area contributed by atoms with E-state index < -0.39 is 17.5 Å². The molecule has 2 N–H and O–H groups in total. The molecule has 8 heteroatoms. The zero-order valence-corrected chi connectivity index (χ0v) is 21.8. The molecule has 0 aliphatic heterocycles. The number of imidazole rings is 1. The van der Waals surface area contributed by atoms with Gasteiger partial charge in [0.15, 0.2) is 5.78 Å². The van der Waals surface area contributed by atoms with Crippen molar-refractivity contribution in [3.8, 4) is 0 Å². The number of benzene rings is 4. The van der Waals surface area contributed by atoms with Crippen LogP contribution in [-0.4, -0.2) is 38.2 Å². The highest BCUT2D eigenvalue weighted by Crippen LogP contribution is 2.23. The number of hydrogen-bond donors (Lipinski definition) is 1. The summed E-state index contributed by atoms with van der Waals surface area (Å²) in [5, 5.41) is 0. The molecule has 0 spiro atoms. The SMILES string of the molecule is NC(=O)CN(Cc1ccccc1)C(=O)Cn1c(=O)n(Cc2ccccc2)c2cccc(C(=O)c3ccccc3)c21. The summed E-state index contributed by atoms with van der Waals surface area (Å²) in [6.45, 7) is -0.261. The van der Waals surface area contributed by atoms with Crippen LogP contribution < -0.4 is 11.4 Å². The molecule has 4 aromatic carbocycles. The lowest BCUT2D eigenvalue weighted by Crippen LogP contribution is -2.41. The molecular formula is C32H28N4O4. The summed E-state index contributed by atoms with van der Waals surface area (Å²) < 4.78 is 2.89. The molecule has 0 saturated heterocycles. The molecule has 1 heterocycles. The van der Waals surface area contributed by atoms with Crippen molar-refractivity contribution in [2.75, 3.05) is 6.54 Å². The Morgan fingerprint density at radius 1 is 0.700 bits per heavy atom. The second kappa shape index (κ2) is 11.7. The molecular weight excluding hydrogens is 504 g/mol.